The predicted molar refractivity (Wildman–Crippen MR) is 114 cm³/mol. The molecule has 0 aliphatic heterocycles. The van der Waals surface area contributed by atoms with E-state index < -0.39 is 40.1 Å². The van der Waals surface area contributed by atoms with Crippen molar-refractivity contribution in [1.29, 1.82) is 0 Å². The summed E-state index contributed by atoms with van der Waals surface area (Å²) >= 11 is 0. The molecular formula is C20H30N4O7. The van der Waals surface area contributed by atoms with Crippen LogP contribution in [0.3, 0.4) is 0 Å². The summed E-state index contributed by atoms with van der Waals surface area (Å²) in [6.45, 7) is 10.1. The molecule has 0 saturated carbocycles. The number of nitro groups is 1. The molecule has 4 N–H and O–H groups in total. The third kappa shape index (κ3) is 9.79. The number of nitro benzene ring substituents is 1. The van der Waals surface area contributed by atoms with Crippen molar-refractivity contribution in [3.05, 3.63) is 28.3 Å². The molecular weight excluding hydrogens is 408 g/mol. The van der Waals surface area contributed by atoms with Gasteiger partial charge in [0.2, 0.25) is 5.91 Å². The lowest BCUT2D eigenvalue weighted by atomic mass is 10.1. The van der Waals surface area contributed by atoms with Crippen molar-refractivity contribution in [2.75, 3.05) is 11.1 Å². The van der Waals surface area contributed by atoms with Crippen molar-refractivity contribution in [2.24, 2.45) is 0 Å². The number of rotatable bonds is 7. The number of amides is 2. The van der Waals surface area contributed by atoms with Crippen molar-refractivity contribution >= 4 is 35.0 Å². The number of nitrogens with one attached hydrogen (secondary N) is 2. The lowest BCUT2D eigenvalue weighted by molar-refractivity contribution is -0.384. The molecule has 0 aromatic heterocycles. The van der Waals surface area contributed by atoms with Crippen LogP contribution in [0.5, 0.6) is 0 Å². The maximum atomic E-state index is 12.8. The third-order valence-electron chi connectivity index (χ3n) is 3.57. The van der Waals surface area contributed by atoms with Gasteiger partial charge in [-0.05, 0) is 54.0 Å². The smallest absolute Gasteiger partial charge is 0.408 e. The van der Waals surface area contributed by atoms with Gasteiger partial charge in [0, 0.05) is 18.6 Å². The van der Waals surface area contributed by atoms with Crippen molar-refractivity contribution in [3.8, 4) is 0 Å². The van der Waals surface area contributed by atoms with Gasteiger partial charge in [-0.1, -0.05) is 0 Å². The number of nitrogens with zero attached hydrogens (tertiary/aromatic N) is 1. The van der Waals surface area contributed by atoms with Crippen molar-refractivity contribution in [2.45, 2.75) is 71.6 Å². The number of hydrogen-bond donors (Lipinski definition) is 3. The Bertz CT molecular complexity index is 841. The summed E-state index contributed by atoms with van der Waals surface area (Å²) in [5.74, 6) is -1.27. The second kappa shape index (κ2) is 10.1. The average Bonchev–Trinajstić information content (AvgIpc) is 2.57. The largest absolute Gasteiger partial charge is 0.460 e. The highest BCUT2D eigenvalue weighted by atomic mass is 16.6. The van der Waals surface area contributed by atoms with Crippen molar-refractivity contribution in [1.82, 2.24) is 5.32 Å². The normalized spacial score (nSPS) is 12.5. The van der Waals surface area contributed by atoms with Crippen LogP contribution in [-0.4, -0.2) is 40.1 Å². The number of anilines is 2. The molecule has 11 nitrogen and oxygen atoms in total. The van der Waals surface area contributed by atoms with E-state index in [1.807, 2.05) is 0 Å². The van der Waals surface area contributed by atoms with E-state index in [2.05, 4.69) is 10.6 Å². The molecule has 0 aliphatic rings. The minimum Gasteiger partial charge on any atom is -0.460 e. The molecule has 0 radical (unpaired) electrons. The van der Waals surface area contributed by atoms with Gasteiger partial charge in [0.25, 0.3) is 5.69 Å². The van der Waals surface area contributed by atoms with Gasteiger partial charge >= 0.3 is 12.1 Å². The monoisotopic (exact) mass is 438 g/mol. The van der Waals surface area contributed by atoms with Crippen LogP contribution in [0.1, 0.15) is 54.4 Å². The fourth-order valence-corrected chi connectivity index (χ4v) is 2.36. The Balaban J connectivity index is 2.99. The minimum atomic E-state index is -1.18. The van der Waals surface area contributed by atoms with E-state index in [4.69, 9.17) is 15.2 Å². The van der Waals surface area contributed by atoms with Gasteiger partial charge in [0.05, 0.1) is 16.3 Å². The SMILES string of the molecule is CC(C)(C)OC(=O)CC[C@H](NC(=O)OC(C)(C)C)C(=O)Nc1cc([N+](=O)[O-])ccc1N. The zero-order valence-corrected chi connectivity index (χ0v) is 18.6. The van der Waals surface area contributed by atoms with Crippen molar-refractivity contribution < 1.29 is 28.8 Å². The average molecular weight is 438 g/mol. The molecule has 172 valence electrons. The van der Waals surface area contributed by atoms with Gasteiger partial charge in [-0.3, -0.25) is 19.7 Å². The van der Waals surface area contributed by atoms with E-state index in [-0.39, 0.29) is 29.9 Å². The van der Waals surface area contributed by atoms with E-state index in [0.717, 1.165) is 6.07 Å². The summed E-state index contributed by atoms with van der Waals surface area (Å²) in [6.07, 6.45) is -1.10. The lowest BCUT2D eigenvalue weighted by Crippen LogP contribution is -2.46. The molecule has 1 rings (SSSR count). The number of carbonyl (C=O) groups is 3. The second-order valence-electron chi connectivity index (χ2n) is 8.84. The molecule has 0 bridgehead atoms. The summed E-state index contributed by atoms with van der Waals surface area (Å²) in [7, 11) is 0. The number of ether oxygens (including phenoxy) is 2. The Hall–Kier alpha value is -3.37. The Morgan fingerprint density at radius 3 is 2.19 bits per heavy atom. The number of non-ortho nitro benzene ring substituents is 1. The van der Waals surface area contributed by atoms with Crippen LogP contribution >= 0.6 is 0 Å². The topological polar surface area (TPSA) is 163 Å². The highest BCUT2D eigenvalue weighted by Gasteiger charge is 2.27. The molecule has 1 aromatic rings. The molecule has 0 fully saturated rings. The summed E-state index contributed by atoms with van der Waals surface area (Å²) in [4.78, 5) is 47.3. The van der Waals surface area contributed by atoms with Gasteiger partial charge in [-0.2, -0.15) is 0 Å². The molecule has 31 heavy (non-hydrogen) atoms. The van der Waals surface area contributed by atoms with Crippen LogP contribution in [-0.2, 0) is 19.1 Å². The first-order valence-corrected chi connectivity index (χ1v) is 9.63. The van der Waals surface area contributed by atoms with Gasteiger partial charge in [-0.25, -0.2) is 4.79 Å². The van der Waals surface area contributed by atoms with Crippen LogP contribution in [0.15, 0.2) is 18.2 Å². The molecule has 11 heteroatoms. The zero-order valence-electron chi connectivity index (χ0n) is 18.6. The molecule has 1 atom stereocenters. The van der Waals surface area contributed by atoms with E-state index in [9.17, 15) is 24.5 Å². The number of carbonyl (C=O) groups excluding carboxylic acids is 3. The summed E-state index contributed by atoms with van der Waals surface area (Å²) < 4.78 is 10.4. The van der Waals surface area contributed by atoms with E-state index in [1.165, 1.54) is 12.1 Å². The van der Waals surface area contributed by atoms with Crippen LogP contribution in [0.2, 0.25) is 0 Å². The van der Waals surface area contributed by atoms with E-state index >= 15 is 0 Å². The molecule has 1 aromatic carbocycles. The second-order valence-corrected chi connectivity index (χ2v) is 8.84. The van der Waals surface area contributed by atoms with Gasteiger partial charge < -0.3 is 25.8 Å². The first-order valence-electron chi connectivity index (χ1n) is 9.63. The molecule has 0 aliphatic carbocycles. The van der Waals surface area contributed by atoms with Crippen LogP contribution in [0.25, 0.3) is 0 Å². The first-order chi connectivity index (χ1) is 14.1. The number of nitrogens with two attached hydrogens (primary N) is 1. The quantitative estimate of drug-likeness (QED) is 0.253. The van der Waals surface area contributed by atoms with Gasteiger partial charge in [0.1, 0.15) is 17.2 Å². The first kappa shape index (κ1) is 25.7. The highest BCUT2D eigenvalue weighted by molar-refractivity contribution is 5.99. The fraction of sp³-hybridized carbons (Fsp3) is 0.550. The fourth-order valence-electron chi connectivity index (χ4n) is 2.36. The Labute approximate surface area is 180 Å². The van der Waals surface area contributed by atoms with Gasteiger partial charge in [-0.15, -0.1) is 0 Å². The van der Waals surface area contributed by atoms with E-state index in [1.54, 1.807) is 41.5 Å². The maximum Gasteiger partial charge on any atom is 0.408 e. The zero-order chi connectivity index (χ0) is 24.0. The Morgan fingerprint density at radius 1 is 1.10 bits per heavy atom. The van der Waals surface area contributed by atoms with Crippen LogP contribution < -0.4 is 16.4 Å². The molecule has 0 spiro atoms. The summed E-state index contributed by atoms with van der Waals surface area (Å²) in [6, 6.07) is 2.40. The van der Waals surface area contributed by atoms with Crippen LogP contribution in [0.4, 0.5) is 21.9 Å². The number of hydrogen-bond acceptors (Lipinski definition) is 8. The number of esters is 1. The van der Waals surface area contributed by atoms with Crippen LogP contribution in [0, 0.1) is 10.1 Å². The third-order valence-corrected chi connectivity index (χ3v) is 3.57. The number of benzene rings is 1. The van der Waals surface area contributed by atoms with E-state index in [0.29, 0.717) is 0 Å². The van der Waals surface area contributed by atoms with Crippen molar-refractivity contribution in [3.63, 3.8) is 0 Å². The molecule has 0 saturated heterocycles. The lowest BCUT2D eigenvalue weighted by Gasteiger charge is -2.24. The minimum absolute atomic E-state index is 0.00690. The number of nitrogen functional groups attached to an aromatic ring is 1. The summed E-state index contributed by atoms with van der Waals surface area (Å²) in [5, 5.41) is 15.8. The maximum absolute atomic E-state index is 12.8. The number of alkyl carbamates (subject to hydrolysis) is 1. The summed E-state index contributed by atoms with van der Waals surface area (Å²) in [5.41, 5.74) is 4.12. The Kier molecular flexibility index (Phi) is 8.36. The highest BCUT2D eigenvalue weighted by Crippen LogP contribution is 2.25. The standard InChI is InChI=1S/C20H30N4O7/c1-19(2,3)30-16(25)10-9-14(23-18(27)31-20(4,5)6)17(26)22-15-11-12(24(28)29)7-8-13(15)21/h7-8,11,14H,9-10,21H2,1-6H3,(H,22,26)(H,23,27)/t14-/m0/s1. The Morgan fingerprint density at radius 2 is 1.68 bits per heavy atom. The predicted octanol–water partition coefficient (Wildman–Crippen LogP) is 3.13. The molecule has 2 amide bonds. The molecule has 0 heterocycles. The van der Waals surface area contributed by atoms with Gasteiger partial charge in [0.15, 0.2) is 0 Å². The molecule has 0 unspecified atom stereocenters.